The van der Waals surface area contributed by atoms with Gasteiger partial charge in [0.1, 0.15) is 0 Å². The quantitative estimate of drug-likeness (QED) is 0.295. The highest BCUT2D eigenvalue weighted by Gasteiger charge is 2.32. The van der Waals surface area contributed by atoms with Crippen molar-refractivity contribution >= 4 is 92.9 Å². The molecule has 2 aromatic rings. The van der Waals surface area contributed by atoms with E-state index in [2.05, 4.69) is 5.10 Å². The number of benzene rings is 2. The summed E-state index contributed by atoms with van der Waals surface area (Å²) in [6.45, 7) is 0. The number of hydrogen-bond donors (Lipinski definition) is 0. The van der Waals surface area contributed by atoms with Crippen LogP contribution in [0.4, 0.5) is 0 Å². The molecule has 0 aliphatic carbocycles. The third-order valence-electron chi connectivity index (χ3n) is 3.35. The van der Waals surface area contributed by atoms with Crippen molar-refractivity contribution in [3.05, 3.63) is 72.5 Å². The first kappa shape index (κ1) is 19.7. The van der Waals surface area contributed by atoms with E-state index < -0.39 is 0 Å². The summed E-state index contributed by atoms with van der Waals surface area (Å²) in [7, 11) is 0. The number of carbonyl (C=O) groups is 1. The van der Waals surface area contributed by atoms with E-state index in [1.54, 1.807) is 42.5 Å². The van der Waals surface area contributed by atoms with Gasteiger partial charge >= 0.3 is 0 Å². The van der Waals surface area contributed by atoms with Crippen molar-refractivity contribution in [3.63, 3.8) is 0 Å². The third-order valence-corrected chi connectivity index (χ3v) is 5.95. The number of thioether (sulfide) groups is 1. The van der Waals surface area contributed by atoms with Crippen molar-refractivity contribution in [1.82, 2.24) is 5.01 Å². The molecule has 2 aromatic carbocycles. The van der Waals surface area contributed by atoms with E-state index in [4.69, 9.17) is 58.6 Å². The molecule has 0 unspecified atom stereocenters. The Balaban J connectivity index is 1.90. The van der Waals surface area contributed by atoms with E-state index in [-0.39, 0.29) is 10.2 Å². The standard InChI is InChI=1S/C17H8Cl4N2OS2/c18-11-3-1-4-12(19)9(11)7-15-16(24)23(17(25)26-15)22-8-10-13(20)5-2-6-14(10)21/h1-8H/b15-7-,22-8-. The Hall–Kier alpha value is -1.08. The Labute approximate surface area is 179 Å². The van der Waals surface area contributed by atoms with Gasteiger partial charge in [-0.25, -0.2) is 0 Å². The van der Waals surface area contributed by atoms with Gasteiger partial charge in [0.05, 0.1) is 21.2 Å². The molecule has 1 aliphatic heterocycles. The number of nitrogens with zero attached hydrogens (tertiary/aromatic N) is 2. The smallest absolute Gasteiger partial charge is 0.266 e. The van der Waals surface area contributed by atoms with Crippen LogP contribution >= 0.6 is 70.4 Å². The zero-order chi connectivity index (χ0) is 18.8. The van der Waals surface area contributed by atoms with Gasteiger partial charge in [-0.2, -0.15) is 10.1 Å². The van der Waals surface area contributed by atoms with Crippen LogP contribution in [0.5, 0.6) is 0 Å². The Morgan fingerprint density at radius 2 is 1.42 bits per heavy atom. The first-order chi connectivity index (χ1) is 12.4. The van der Waals surface area contributed by atoms with Crippen molar-refractivity contribution in [2.75, 3.05) is 0 Å². The molecule has 3 rings (SSSR count). The molecule has 1 amide bonds. The van der Waals surface area contributed by atoms with Crippen molar-refractivity contribution in [2.45, 2.75) is 0 Å². The number of halogens is 4. The lowest BCUT2D eigenvalue weighted by atomic mass is 10.2. The molecular formula is C17H8Cl4N2OS2. The summed E-state index contributed by atoms with van der Waals surface area (Å²) in [5.41, 5.74) is 1.05. The lowest BCUT2D eigenvalue weighted by Crippen LogP contribution is -2.22. The van der Waals surface area contributed by atoms with Crippen LogP contribution in [0, 0.1) is 0 Å². The first-order valence-corrected chi connectivity index (χ1v) is 9.82. The summed E-state index contributed by atoms with van der Waals surface area (Å²) in [6.07, 6.45) is 3.00. The third kappa shape index (κ3) is 4.09. The van der Waals surface area contributed by atoms with Crippen molar-refractivity contribution in [3.8, 4) is 0 Å². The van der Waals surface area contributed by atoms with Gasteiger partial charge in [-0.05, 0) is 42.6 Å². The van der Waals surface area contributed by atoms with Gasteiger partial charge in [-0.3, -0.25) is 4.79 Å². The van der Waals surface area contributed by atoms with Gasteiger partial charge in [0.25, 0.3) is 5.91 Å². The van der Waals surface area contributed by atoms with Gasteiger partial charge in [0.2, 0.25) is 0 Å². The minimum absolute atomic E-state index is 0.281. The van der Waals surface area contributed by atoms with Crippen molar-refractivity contribution in [2.24, 2.45) is 5.10 Å². The van der Waals surface area contributed by atoms with E-state index >= 15 is 0 Å². The molecule has 1 heterocycles. The SMILES string of the molecule is O=C1/C(=C/c2c(Cl)cccc2Cl)SC(=S)N1/N=C\c1c(Cl)cccc1Cl. The molecule has 1 saturated heterocycles. The fraction of sp³-hybridized carbons (Fsp3) is 0. The molecule has 0 saturated carbocycles. The lowest BCUT2D eigenvalue weighted by Gasteiger charge is -2.07. The molecule has 0 atom stereocenters. The zero-order valence-corrected chi connectivity index (χ0v) is 17.4. The molecule has 132 valence electrons. The summed E-state index contributed by atoms with van der Waals surface area (Å²) in [5.74, 6) is -0.379. The number of amides is 1. The fourth-order valence-corrected chi connectivity index (χ4v) is 4.24. The van der Waals surface area contributed by atoms with Crippen molar-refractivity contribution < 1.29 is 4.79 Å². The Bertz CT molecular complexity index is 935. The number of thiocarbonyl (C=S) groups is 1. The van der Waals surface area contributed by atoms with Gasteiger partial charge in [0.15, 0.2) is 4.32 Å². The highest BCUT2D eigenvalue weighted by Crippen LogP contribution is 2.36. The van der Waals surface area contributed by atoms with Crippen LogP contribution in [0.25, 0.3) is 6.08 Å². The average Bonchev–Trinajstić information content (AvgIpc) is 2.85. The normalized spacial score (nSPS) is 16.3. The second-order valence-electron chi connectivity index (χ2n) is 5.01. The number of carbonyl (C=O) groups excluding carboxylic acids is 1. The van der Waals surface area contributed by atoms with Gasteiger partial charge in [0, 0.05) is 21.2 Å². The molecule has 0 N–H and O–H groups in total. The summed E-state index contributed by atoms with van der Waals surface area (Å²) in [5, 5.41) is 6.96. The summed E-state index contributed by atoms with van der Waals surface area (Å²) >= 11 is 30.8. The van der Waals surface area contributed by atoms with Gasteiger partial charge < -0.3 is 0 Å². The van der Waals surface area contributed by atoms with Crippen LogP contribution in [0.3, 0.4) is 0 Å². The van der Waals surface area contributed by atoms with E-state index in [1.807, 2.05) is 0 Å². The van der Waals surface area contributed by atoms with E-state index in [9.17, 15) is 4.79 Å². The number of rotatable bonds is 3. The molecule has 0 spiro atoms. The van der Waals surface area contributed by atoms with E-state index in [0.29, 0.717) is 36.1 Å². The van der Waals surface area contributed by atoms with Gasteiger partial charge in [-0.15, -0.1) is 0 Å². The van der Waals surface area contributed by atoms with Gasteiger partial charge in [-0.1, -0.05) is 70.3 Å². The lowest BCUT2D eigenvalue weighted by molar-refractivity contribution is -0.122. The van der Waals surface area contributed by atoms with Crippen LogP contribution in [0.2, 0.25) is 20.1 Å². The van der Waals surface area contributed by atoms with Crippen LogP contribution < -0.4 is 0 Å². The minimum atomic E-state index is -0.379. The topological polar surface area (TPSA) is 32.7 Å². The van der Waals surface area contributed by atoms with Crippen LogP contribution in [0.15, 0.2) is 46.4 Å². The van der Waals surface area contributed by atoms with E-state index in [1.165, 1.54) is 6.21 Å². The molecule has 0 bridgehead atoms. The predicted octanol–water partition coefficient (Wildman–Crippen LogP) is 6.54. The first-order valence-electron chi connectivity index (χ1n) is 7.08. The van der Waals surface area contributed by atoms with Crippen molar-refractivity contribution in [1.29, 1.82) is 0 Å². The summed E-state index contributed by atoms with van der Waals surface area (Å²) < 4.78 is 0.281. The Morgan fingerprint density at radius 1 is 0.923 bits per heavy atom. The molecule has 1 aliphatic rings. The monoisotopic (exact) mass is 460 g/mol. The molecule has 0 aromatic heterocycles. The number of hydrazone groups is 1. The highest BCUT2D eigenvalue weighted by atomic mass is 35.5. The van der Waals surface area contributed by atoms with Crippen LogP contribution in [-0.2, 0) is 4.79 Å². The maximum atomic E-state index is 12.6. The summed E-state index contributed by atoms with van der Waals surface area (Å²) in [6, 6.07) is 10.2. The maximum Gasteiger partial charge on any atom is 0.286 e. The molecule has 26 heavy (non-hydrogen) atoms. The highest BCUT2D eigenvalue weighted by molar-refractivity contribution is 8.26. The molecule has 0 radical (unpaired) electrons. The maximum absolute atomic E-state index is 12.6. The second kappa shape index (κ2) is 8.30. The fourth-order valence-electron chi connectivity index (χ4n) is 2.09. The molecule has 1 fully saturated rings. The molecule has 9 heteroatoms. The molecular weight excluding hydrogens is 454 g/mol. The Morgan fingerprint density at radius 3 is 1.96 bits per heavy atom. The predicted molar refractivity (Wildman–Crippen MR) is 116 cm³/mol. The second-order valence-corrected chi connectivity index (χ2v) is 8.31. The van der Waals surface area contributed by atoms with E-state index in [0.717, 1.165) is 16.8 Å². The average molecular weight is 462 g/mol. The summed E-state index contributed by atoms with van der Waals surface area (Å²) in [4.78, 5) is 13.0. The molecule has 3 nitrogen and oxygen atoms in total. The largest absolute Gasteiger partial charge is 0.286 e. The van der Waals surface area contributed by atoms with Crippen LogP contribution in [-0.4, -0.2) is 21.5 Å². The zero-order valence-electron chi connectivity index (χ0n) is 12.7. The minimum Gasteiger partial charge on any atom is -0.266 e. The van der Waals surface area contributed by atoms with Crippen LogP contribution in [0.1, 0.15) is 11.1 Å². The Kier molecular flexibility index (Phi) is 6.28. The number of hydrogen-bond acceptors (Lipinski definition) is 4.